The second-order valence-electron chi connectivity index (χ2n) is 6.29. The Morgan fingerprint density at radius 3 is 2.72 bits per heavy atom. The fraction of sp³-hybridized carbons (Fsp3) is 0.0556. The summed E-state index contributed by atoms with van der Waals surface area (Å²) in [5.41, 5.74) is 8.40. The number of aromatic nitrogens is 2. The molecule has 2 aromatic heterocycles. The molecule has 3 N–H and O–H groups in total. The molecule has 10 nitrogen and oxygen atoms in total. The van der Waals surface area contributed by atoms with Gasteiger partial charge in [-0.25, -0.2) is 18.0 Å². The van der Waals surface area contributed by atoms with Gasteiger partial charge in [0.25, 0.3) is 10.0 Å². The lowest BCUT2D eigenvalue weighted by molar-refractivity contribution is 0.315. The first-order valence-corrected chi connectivity index (χ1v) is 10.0. The van der Waals surface area contributed by atoms with Crippen molar-refractivity contribution in [2.45, 2.75) is 4.90 Å². The van der Waals surface area contributed by atoms with Crippen molar-refractivity contribution in [3.8, 4) is 0 Å². The van der Waals surface area contributed by atoms with E-state index in [-0.39, 0.29) is 10.4 Å². The molecule has 0 spiro atoms. The van der Waals surface area contributed by atoms with Gasteiger partial charge < -0.3 is 15.1 Å². The second-order valence-corrected chi connectivity index (χ2v) is 7.94. The average molecular weight is 410 g/mol. The number of hydrogen-bond donors (Lipinski definition) is 2. The highest BCUT2D eigenvalue weighted by Crippen LogP contribution is 2.25. The summed E-state index contributed by atoms with van der Waals surface area (Å²) >= 11 is 0. The fourth-order valence-electron chi connectivity index (χ4n) is 3.11. The Morgan fingerprint density at radius 2 is 1.90 bits per heavy atom. The summed E-state index contributed by atoms with van der Waals surface area (Å²) in [7, 11) is -3.88. The maximum absolute atomic E-state index is 12.8. The van der Waals surface area contributed by atoms with Crippen molar-refractivity contribution in [2.24, 2.45) is 10.7 Å². The number of anilines is 2. The molecule has 146 valence electrons. The minimum absolute atomic E-state index is 0.0137. The van der Waals surface area contributed by atoms with Gasteiger partial charge in [0.05, 0.1) is 11.5 Å². The molecule has 0 saturated heterocycles. The summed E-state index contributed by atoms with van der Waals surface area (Å²) in [5.74, 6) is 0.516. The molecule has 0 fully saturated rings. The third kappa shape index (κ3) is 2.88. The van der Waals surface area contributed by atoms with Crippen LogP contribution in [0.4, 0.5) is 11.4 Å². The van der Waals surface area contributed by atoms with E-state index in [2.05, 4.69) is 24.7 Å². The van der Waals surface area contributed by atoms with Crippen molar-refractivity contribution in [1.82, 2.24) is 10.3 Å². The van der Waals surface area contributed by atoms with Crippen LogP contribution in [0.15, 0.2) is 73.7 Å². The van der Waals surface area contributed by atoms with Gasteiger partial charge in [0, 0.05) is 11.4 Å². The highest BCUT2D eigenvalue weighted by molar-refractivity contribution is 7.93. The highest BCUT2D eigenvalue weighted by Gasteiger charge is 2.21. The van der Waals surface area contributed by atoms with Crippen LogP contribution < -0.4 is 26.1 Å². The van der Waals surface area contributed by atoms with Crippen LogP contribution in [0.3, 0.4) is 0 Å². The van der Waals surface area contributed by atoms with E-state index in [1.165, 1.54) is 12.3 Å². The maximum Gasteiger partial charge on any atom is 0.264 e. The molecule has 5 rings (SSSR count). The zero-order valence-electron chi connectivity index (χ0n) is 14.8. The first-order valence-electron chi connectivity index (χ1n) is 8.52. The quantitative estimate of drug-likeness (QED) is 0.502. The van der Waals surface area contributed by atoms with Crippen molar-refractivity contribution in [1.29, 1.82) is 0 Å². The summed E-state index contributed by atoms with van der Waals surface area (Å²) in [6, 6.07) is 13.2. The summed E-state index contributed by atoms with van der Waals surface area (Å²) in [5, 5.41) is 8.06. The third-order valence-corrected chi connectivity index (χ3v) is 5.95. The number of nitrogens with one attached hydrogen (secondary N) is 1. The molecule has 0 radical (unpaired) electrons. The average Bonchev–Trinajstić information content (AvgIpc) is 3.38. The lowest BCUT2D eigenvalue weighted by atomic mass is 10.2. The Morgan fingerprint density at radius 1 is 1.07 bits per heavy atom. The molecule has 0 bridgehead atoms. The molecule has 1 aliphatic rings. The summed E-state index contributed by atoms with van der Waals surface area (Å²) < 4.78 is 38.0. The van der Waals surface area contributed by atoms with E-state index in [9.17, 15) is 8.42 Å². The van der Waals surface area contributed by atoms with Crippen molar-refractivity contribution < 1.29 is 17.5 Å². The normalized spacial score (nSPS) is 13.9. The number of fused-ring (bicyclic) bond motifs is 2. The largest absolute Gasteiger partial charge is 0.446 e. The number of nitrogens with zero attached hydrogens (tertiary/aromatic N) is 4. The van der Waals surface area contributed by atoms with Crippen molar-refractivity contribution in [2.75, 3.05) is 16.3 Å². The molecule has 0 amide bonds. The van der Waals surface area contributed by atoms with Crippen LogP contribution >= 0.6 is 0 Å². The van der Waals surface area contributed by atoms with Crippen LogP contribution in [0.5, 0.6) is 0 Å². The Balaban J connectivity index is 1.43. The van der Waals surface area contributed by atoms with E-state index in [4.69, 9.17) is 10.2 Å². The predicted octanol–water partition coefficient (Wildman–Crippen LogP) is 0.738. The predicted molar refractivity (Wildman–Crippen MR) is 103 cm³/mol. The number of sulfonamides is 1. The first-order chi connectivity index (χ1) is 14.0. The minimum atomic E-state index is -3.88. The van der Waals surface area contributed by atoms with Crippen LogP contribution in [0.1, 0.15) is 0 Å². The van der Waals surface area contributed by atoms with Crippen LogP contribution in [-0.4, -0.2) is 25.4 Å². The van der Waals surface area contributed by atoms with E-state index in [0.29, 0.717) is 29.2 Å². The van der Waals surface area contributed by atoms with Crippen molar-refractivity contribution >= 4 is 38.3 Å². The lowest BCUT2D eigenvalue weighted by Crippen LogP contribution is -2.42. The standard InChI is InChI=1S/C18H14N6O4S/c19-17-13-8-9-27-18(13)20-10-24(17)12-6-4-11(5-7-12)23-29(25,26)15-3-1-2-14-16(15)22-28-21-14/h1-9,23H,10,19H2. The third-order valence-electron chi connectivity index (χ3n) is 4.54. The Hall–Kier alpha value is -3.86. The molecule has 11 heteroatoms. The van der Waals surface area contributed by atoms with Crippen molar-refractivity contribution in [3.05, 3.63) is 65.6 Å². The van der Waals surface area contributed by atoms with Crippen LogP contribution in [-0.2, 0) is 10.0 Å². The molecule has 3 heterocycles. The molecule has 1 aliphatic heterocycles. The Bertz CT molecular complexity index is 1440. The first kappa shape index (κ1) is 17.3. The van der Waals surface area contributed by atoms with Crippen LogP contribution in [0.25, 0.3) is 16.9 Å². The van der Waals surface area contributed by atoms with Gasteiger partial charge in [-0.3, -0.25) is 4.72 Å². The molecule has 0 unspecified atom stereocenters. The smallest absolute Gasteiger partial charge is 0.264 e. The van der Waals surface area contributed by atoms with Gasteiger partial charge in [-0.05, 0) is 52.8 Å². The van der Waals surface area contributed by atoms with E-state index in [1.54, 1.807) is 47.4 Å². The molecule has 2 aromatic carbocycles. The van der Waals surface area contributed by atoms with Gasteiger partial charge in [-0.1, -0.05) is 6.07 Å². The number of nitrogens with two attached hydrogens (primary N) is 1. The molecular formula is C18H14N6O4S. The number of hydrogen-bond acceptors (Lipinski definition) is 9. The molecule has 4 aromatic rings. The fourth-order valence-corrected chi connectivity index (χ4v) is 4.32. The molecular weight excluding hydrogens is 396 g/mol. The zero-order chi connectivity index (χ0) is 20.0. The van der Waals surface area contributed by atoms with Gasteiger partial charge in [0.15, 0.2) is 5.52 Å². The number of rotatable bonds is 4. The SMILES string of the molecule is NC1=c2ccoc2=NCN1c1ccc(NS(=O)(=O)c2cccc3nonc23)cc1. The summed E-state index contributed by atoms with van der Waals surface area (Å²) in [4.78, 5) is 6.12. The Kier molecular flexibility index (Phi) is 3.77. The minimum Gasteiger partial charge on any atom is -0.446 e. The second kappa shape index (κ2) is 6.34. The van der Waals surface area contributed by atoms with E-state index in [0.717, 1.165) is 10.9 Å². The van der Waals surface area contributed by atoms with Gasteiger partial charge in [-0.15, -0.1) is 0 Å². The van der Waals surface area contributed by atoms with Gasteiger partial charge in [-0.2, -0.15) is 0 Å². The summed E-state index contributed by atoms with van der Waals surface area (Å²) in [6.45, 7) is 0.304. The topological polar surface area (TPSA) is 140 Å². The van der Waals surface area contributed by atoms with E-state index >= 15 is 0 Å². The Labute approximate surface area is 163 Å². The van der Waals surface area contributed by atoms with E-state index in [1.807, 2.05) is 0 Å². The van der Waals surface area contributed by atoms with Crippen molar-refractivity contribution in [3.63, 3.8) is 0 Å². The molecule has 0 atom stereocenters. The molecule has 0 saturated carbocycles. The number of benzene rings is 2. The van der Waals surface area contributed by atoms with Gasteiger partial charge in [0.1, 0.15) is 22.9 Å². The molecule has 29 heavy (non-hydrogen) atoms. The zero-order valence-corrected chi connectivity index (χ0v) is 15.6. The van der Waals surface area contributed by atoms with E-state index < -0.39 is 10.0 Å². The molecule has 0 aliphatic carbocycles. The highest BCUT2D eigenvalue weighted by atomic mass is 32.2. The van der Waals surface area contributed by atoms with Crippen LogP contribution in [0.2, 0.25) is 0 Å². The van der Waals surface area contributed by atoms with Gasteiger partial charge in [0.2, 0.25) is 5.55 Å². The summed E-state index contributed by atoms with van der Waals surface area (Å²) in [6.07, 6.45) is 1.54. The number of furan rings is 1. The lowest BCUT2D eigenvalue weighted by Gasteiger charge is -2.24. The van der Waals surface area contributed by atoms with Gasteiger partial charge >= 0.3 is 0 Å². The maximum atomic E-state index is 12.8. The monoisotopic (exact) mass is 410 g/mol. The van der Waals surface area contributed by atoms with Crippen LogP contribution in [0, 0.1) is 0 Å².